The number of carbonyl (C=O) groups excluding carboxylic acids is 1. The summed E-state index contributed by atoms with van der Waals surface area (Å²) in [5.41, 5.74) is -0.218. The van der Waals surface area contributed by atoms with Crippen LogP contribution in [-0.4, -0.2) is 47.3 Å². The van der Waals surface area contributed by atoms with Crippen LogP contribution in [0.25, 0.3) is 0 Å². The SMILES string of the molecule is CCO[C@@H]1C(O)N(c2cc(C(C)(C)C)on2)C(=O)N1C. The molecule has 20 heavy (non-hydrogen) atoms. The van der Waals surface area contributed by atoms with E-state index < -0.39 is 12.5 Å². The average Bonchev–Trinajstić information content (AvgIpc) is 2.90. The maximum Gasteiger partial charge on any atom is 0.330 e. The zero-order valence-corrected chi connectivity index (χ0v) is 12.5. The van der Waals surface area contributed by atoms with Crippen LogP contribution in [0.4, 0.5) is 10.6 Å². The lowest BCUT2D eigenvalue weighted by Gasteiger charge is -2.20. The first-order valence-corrected chi connectivity index (χ1v) is 6.60. The zero-order valence-electron chi connectivity index (χ0n) is 12.5. The molecule has 2 atom stereocenters. The summed E-state index contributed by atoms with van der Waals surface area (Å²) in [6.45, 7) is 8.15. The Balaban J connectivity index is 2.28. The molecule has 1 aromatic heterocycles. The highest BCUT2D eigenvalue weighted by Crippen LogP contribution is 2.31. The molecule has 7 heteroatoms. The van der Waals surface area contributed by atoms with E-state index in [-0.39, 0.29) is 11.4 Å². The summed E-state index contributed by atoms with van der Waals surface area (Å²) in [4.78, 5) is 14.7. The second-order valence-corrected chi connectivity index (χ2v) is 5.82. The second kappa shape index (κ2) is 5.06. The van der Waals surface area contributed by atoms with Gasteiger partial charge in [-0.15, -0.1) is 0 Å². The molecule has 0 radical (unpaired) electrons. The lowest BCUT2D eigenvalue weighted by molar-refractivity contribution is -0.0688. The summed E-state index contributed by atoms with van der Waals surface area (Å²) < 4.78 is 10.6. The standard InChI is InChI=1S/C13H21N3O4/c1-6-19-11-10(17)16(12(18)15(11)5)9-7-8(20-14-9)13(2,3)4/h7,10-11,17H,6H2,1-5H3/t10?,11-/m1/s1. The highest BCUT2D eigenvalue weighted by molar-refractivity contribution is 5.93. The molecule has 2 amide bonds. The number of hydrogen-bond acceptors (Lipinski definition) is 5. The number of anilines is 1. The van der Waals surface area contributed by atoms with Crippen LogP contribution in [0.3, 0.4) is 0 Å². The Morgan fingerprint density at radius 3 is 2.65 bits per heavy atom. The summed E-state index contributed by atoms with van der Waals surface area (Å²) in [7, 11) is 1.58. The third-order valence-electron chi connectivity index (χ3n) is 3.23. The van der Waals surface area contributed by atoms with Crippen molar-refractivity contribution in [3.05, 3.63) is 11.8 Å². The van der Waals surface area contributed by atoms with Gasteiger partial charge in [-0.05, 0) is 6.92 Å². The Morgan fingerprint density at radius 1 is 1.50 bits per heavy atom. The minimum Gasteiger partial charge on any atom is -0.369 e. The van der Waals surface area contributed by atoms with Gasteiger partial charge in [0.25, 0.3) is 0 Å². The monoisotopic (exact) mass is 283 g/mol. The minimum absolute atomic E-state index is 0.218. The molecule has 1 aromatic rings. The molecule has 1 saturated heterocycles. The molecule has 112 valence electrons. The maximum atomic E-state index is 12.2. The predicted molar refractivity (Wildman–Crippen MR) is 72.3 cm³/mol. The molecular formula is C13H21N3O4. The van der Waals surface area contributed by atoms with E-state index in [4.69, 9.17) is 9.26 Å². The fraction of sp³-hybridized carbons (Fsp3) is 0.692. The number of nitrogens with zero attached hydrogens (tertiary/aromatic N) is 3. The Hall–Kier alpha value is -1.60. The van der Waals surface area contributed by atoms with E-state index >= 15 is 0 Å². The number of ether oxygens (including phenoxy) is 1. The van der Waals surface area contributed by atoms with E-state index in [1.165, 1.54) is 9.80 Å². The van der Waals surface area contributed by atoms with E-state index in [0.717, 1.165) is 0 Å². The molecule has 0 bridgehead atoms. The van der Waals surface area contributed by atoms with Gasteiger partial charge >= 0.3 is 6.03 Å². The van der Waals surface area contributed by atoms with Gasteiger partial charge in [0.2, 0.25) is 0 Å². The third-order valence-corrected chi connectivity index (χ3v) is 3.23. The van der Waals surface area contributed by atoms with Crippen molar-refractivity contribution in [3.63, 3.8) is 0 Å². The van der Waals surface area contributed by atoms with E-state index in [2.05, 4.69) is 5.16 Å². The van der Waals surface area contributed by atoms with Crippen LogP contribution in [0, 0.1) is 0 Å². The van der Waals surface area contributed by atoms with Gasteiger partial charge in [-0.3, -0.25) is 4.90 Å². The third kappa shape index (κ3) is 2.38. The van der Waals surface area contributed by atoms with Gasteiger partial charge in [-0.25, -0.2) is 9.69 Å². The van der Waals surface area contributed by atoms with Crippen molar-refractivity contribution in [2.45, 2.75) is 45.6 Å². The van der Waals surface area contributed by atoms with Gasteiger partial charge in [0.1, 0.15) is 5.76 Å². The van der Waals surface area contributed by atoms with Gasteiger partial charge in [-0.2, -0.15) is 0 Å². The topological polar surface area (TPSA) is 79.0 Å². The first-order chi connectivity index (χ1) is 9.27. The van der Waals surface area contributed by atoms with Gasteiger partial charge < -0.3 is 14.4 Å². The first-order valence-electron chi connectivity index (χ1n) is 6.60. The highest BCUT2D eigenvalue weighted by Gasteiger charge is 2.46. The quantitative estimate of drug-likeness (QED) is 0.910. The van der Waals surface area contributed by atoms with E-state index in [9.17, 15) is 9.90 Å². The molecule has 1 aliphatic heterocycles. The summed E-state index contributed by atoms with van der Waals surface area (Å²) >= 11 is 0. The van der Waals surface area contributed by atoms with Crippen LogP contribution in [0.1, 0.15) is 33.5 Å². The van der Waals surface area contributed by atoms with Crippen molar-refractivity contribution in [1.82, 2.24) is 10.1 Å². The molecule has 0 saturated carbocycles. The average molecular weight is 283 g/mol. The summed E-state index contributed by atoms with van der Waals surface area (Å²) in [5.74, 6) is 0.941. The van der Waals surface area contributed by atoms with Crippen molar-refractivity contribution in [1.29, 1.82) is 0 Å². The normalized spacial score (nSPS) is 23.8. The van der Waals surface area contributed by atoms with E-state index in [0.29, 0.717) is 18.2 Å². The number of aliphatic hydroxyl groups is 1. The number of hydrogen-bond donors (Lipinski definition) is 1. The minimum atomic E-state index is -1.11. The number of carbonyl (C=O) groups is 1. The number of likely N-dealkylation sites (N-methyl/N-ethyl adjacent to an activating group) is 1. The number of aromatic nitrogens is 1. The summed E-state index contributed by atoms with van der Waals surface area (Å²) in [6.07, 6.45) is -1.81. The van der Waals surface area contributed by atoms with Crippen LogP contribution >= 0.6 is 0 Å². The second-order valence-electron chi connectivity index (χ2n) is 5.82. The van der Waals surface area contributed by atoms with Crippen LogP contribution in [0.15, 0.2) is 10.6 Å². The van der Waals surface area contributed by atoms with Crippen molar-refractivity contribution >= 4 is 11.8 Å². The Bertz CT molecular complexity index is 494. The largest absolute Gasteiger partial charge is 0.369 e. The number of aliphatic hydroxyl groups excluding tert-OH is 1. The maximum absolute atomic E-state index is 12.2. The Morgan fingerprint density at radius 2 is 2.15 bits per heavy atom. The molecule has 0 aliphatic carbocycles. The smallest absolute Gasteiger partial charge is 0.330 e. The molecule has 1 N–H and O–H groups in total. The predicted octanol–water partition coefficient (Wildman–Crippen LogP) is 1.52. The molecule has 7 nitrogen and oxygen atoms in total. The van der Waals surface area contributed by atoms with E-state index in [1.807, 2.05) is 27.7 Å². The Kier molecular flexibility index (Phi) is 3.75. The van der Waals surface area contributed by atoms with Crippen molar-refractivity contribution < 1.29 is 19.2 Å². The van der Waals surface area contributed by atoms with Crippen molar-refractivity contribution in [3.8, 4) is 0 Å². The van der Waals surface area contributed by atoms with Gasteiger partial charge in [0, 0.05) is 25.1 Å². The van der Waals surface area contributed by atoms with Crippen LogP contribution < -0.4 is 4.90 Å². The molecular weight excluding hydrogens is 262 g/mol. The number of urea groups is 1. The van der Waals surface area contributed by atoms with Crippen LogP contribution in [0.2, 0.25) is 0 Å². The lowest BCUT2D eigenvalue weighted by atomic mass is 9.93. The molecule has 2 heterocycles. The van der Waals surface area contributed by atoms with Gasteiger partial charge in [0.05, 0.1) is 0 Å². The zero-order chi connectivity index (χ0) is 15.1. The van der Waals surface area contributed by atoms with Crippen molar-refractivity contribution in [2.75, 3.05) is 18.6 Å². The summed E-state index contributed by atoms with van der Waals surface area (Å²) in [6, 6.07) is 1.30. The summed E-state index contributed by atoms with van der Waals surface area (Å²) in [5, 5.41) is 14.1. The van der Waals surface area contributed by atoms with Crippen molar-refractivity contribution in [2.24, 2.45) is 0 Å². The molecule has 1 fully saturated rings. The fourth-order valence-corrected chi connectivity index (χ4v) is 2.05. The molecule has 1 aliphatic rings. The highest BCUT2D eigenvalue weighted by atomic mass is 16.5. The molecule has 0 aromatic carbocycles. The number of amides is 2. The number of rotatable bonds is 3. The van der Waals surface area contributed by atoms with Crippen LogP contribution in [0.5, 0.6) is 0 Å². The van der Waals surface area contributed by atoms with E-state index in [1.54, 1.807) is 13.1 Å². The fourth-order valence-electron chi connectivity index (χ4n) is 2.05. The first kappa shape index (κ1) is 14.8. The van der Waals surface area contributed by atoms with Crippen LogP contribution in [-0.2, 0) is 10.2 Å². The Labute approximate surface area is 118 Å². The van der Waals surface area contributed by atoms with Gasteiger partial charge in [-0.1, -0.05) is 25.9 Å². The lowest BCUT2D eigenvalue weighted by Crippen LogP contribution is -2.38. The molecule has 0 spiro atoms. The molecule has 1 unspecified atom stereocenters. The molecule has 2 rings (SSSR count). The van der Waals surface area contributed by atoms with Gasteiger partial charge in [0.15, 0.2) is 18.3 Å².